The molecule has 1 heterocycles. The highest BCUT2D eigenvalue weighted by Gasteiger charge is 2.37. The molecule has 5 nitrogen and oxygen atoms in total. The van der Waals surface area contributed by atoms with Crippen molar-refractivity contribution in [3.8, 4) is 0 Å². The van der Waals surface area contributed by atoms with Crippen LogP contribution in [0.15, 0.2) is 0 Å². The van der Waals surface area contributed by atoms with Gasteiger partial charge in [-0.25, -0.2) is 4.79 Å². The Morgan fingerprint density at radius 1 is 1.16 bits per heavy atom. The predicted molar refractivity (Wildman–Crippen MR) is 73.9 cm³/mol. The number of rotatable bonds is 1. The van der Waals surface area contributed by atoms with E-state index in [9.17, 15) is 9.59 Å². The molecule has 0 bridgehead atoms. The first-order valence-corrected chi connectivity index (χ1v) is 6.81. The number of ether oxygens (including phenoxy) is 1. The van der Waals surface area contributed by atoms with Crippen molar-refractivity contribution in [2.75, 3.05) is 6.54 Å². The van der Waals surface area contributed by atoms with Gasteiger partial charge >= 0.3 is 6.09 Å². The summed E-state index contributed by atoms with van der Waals surface area (Å²) in [5.74, 6) is -0.101. The number of carbonyl (C=O) groups excluding carboxylic acids is 2. The summed E-state index contributed by atoms with van der Waals surface area (Å²) >= 11 is 0. The Hall–Kier alpha value is -1.26. The van der Waals surface area contributed by atoms with Crippen LogP contribution in [0.2, 0.25) is 0 Å². The van der Waals surface area contributed by atoms with Crippen molar-refractivity contribution in [1.29, 1.82) is 0 Å². The molecule has 1 saturated heterocycles. The lowest BCUT2D eigenvalue weighted by molar-refractivity contribution is -0.126. The molecule has 19 heavy (non-hydrogen) atoms. The van der Waals surface area contributed by atoms with Crippen molar-refractivity contribution < 1.29 is 14.3 Å². The zero-order valence-electron chi connectivity index (χ0n) is 12.9. The molecule has 0 spiro atoms. The highest BCUT2D eigenvalue weighted by molar-refractivity contribution is 5.86. The third kappa shape index (κ3) is 5.09. The molecule has 1 rings (SSSR count). The van der Waals surface area contributed by atoms with Gasteiger partial charge in [-0.3, -0.25) is 9.69 Å². The van der Waals surface area contributed by atoms with E-state index in [0.29, 0.717) is 13.0 Å². The summed E-state index contributed by atoms with van der Waals surface area (Å²) in [6.45, 7) is 11.8. The Morgan fingerprint density at radius 2 is 1.74 bits per heavy atom. The van der Waals surface area contributed by atoms with Gasteiger partial charge in [-0.15, -0.1) is 0 Å². The fourth-order valence-electron chi connectivity index (χ4n) is 2.03. The van der Waals surface area contributed by atoms with Crippen LogP contribution in [0, 0.1) is 0 Å². The van der Waals surface area contributed by atoms with Gasteiger partial charge in [-0.1, -0.05) is 0 Å². The van der Waals surface area contributed by atoms with Gasteiger partial charge in [0, 0.05) is 12.1 Å². The number of hydrogen-bond donors (Lipinski definition) is 1. The van der Waals surface area contributed by atoms with Crippen LogP contribution in [0.5, 0.6) is 0 Å². The molecule has 1 atom stereocenters. The quantitative estimate of drug-likeness (QED) is 0.795. The fourth-order valence-corrected chi connectivity index (χ4v) is 2.03. The van der Waals surface area contributed by atoms with Crippen LogP contribution in [0.25, 0.3) is 0 Å². The SMILES string of the molecule is CC(C)(C)NC(=O)[C@@H]1CCCN1C(=O)OC(C)(C)C. The summed E-state index contributed by atoms with van der Waals surface area (Å²) in [6.07, 6.45) is 1.13. The van der Waals surface area contributed by atoms with Crippen molar-refractivity contribution in [2.24, 2.45) is 0 Å². The smallest absolute Gasteiger partial charge is 0.410 e. The van der Waals surface area contributed by atoms with Gasteiger partial charge in [0.1, 0.15) is 11.6 Å². The summed E-state index contributed by atoms with van der Waals surface area (Å²) in [6, 6.07) is -0.408. The zero-order chi connectivity index (χ0) is 14.8. The first kappa shape index (κ1) is 15.8. The Kier molecular flexibility index (Phi) is 4.48. The van der Waals surface area contributed by atoms with Gasteiger partial charge in [0.05, 0.1) is 0 Å². The van der Waals surface area contributed by atoms with Crippen molar-refractivity contribution >= 4 is 12.0 Å². The zero-order valence-corrected chi connectivity index (χ0v) is 12.9. The van der Waals surface area contributed by atoms with Crippen LogP contribution in [-0.4, -0.2) is 40.6 Å². The van der Waals surface area contributed by atoms with Crippen LogP contribution < -0.4 is 5.32 Å². The first-order valence-electron chi connectivity index (χ1n) is 6.81. The Bertz CT molecular complexity index is 319. The molecule has 2 amide bonds. The second-order valence-corrected chi connectivity index (χ2v) is 7.07. The van der Waals surface area contributed by atoms with Gasteiger partial charge in [0.15, 0.2) is 0 Å². The van der Waals surface area contributed by atoms with Gasteiger partial charge in [-0.2, -0.15) is 0 Å². The standard InChI is InChI=1S/C14H26N2O3/c1-13(2,3)15-11(17)10-8-7-9-16(10)12(18)19-14(4,5)6/h10H,7-9H2,1-6H3,(H,15,17)/t10-/m0/s1. The second-order valence-electron chi connectivity index (χ2n) is 7.07. The lowest BCUT2D eigenvalue weighted by Crippen LogP contribution is -2.52. The number of hydrogen-bond acceptors (Lipinski definition) is 3. The summed E-state index contributed by atoms with van der Waals surface area (Å²) in [5, 5.41) is 2.92. The van der Waals surface area contributed by atoms with E-state index in [0.717, 1.165) is 6.42 Å². The molecule has 1 aliphatic heterocycles. The maximum atomic E-state index is 12.2. The van der Waals surface area contributed by atoms with Crippen LogP contribution in [0.4, 0.5) is 4.79 Å². The van der Waals surface area contributed by atoms with Crippen molar-refractivity contribution in [1.82, 2.24) is 10.2 Å². The van der Waals surface area contributed by atoms with E-state index in [-0.39, 0.29) is 11.4 Å². The van der Waals surface area contributed by atoms with Gasteiger partial charge in [0.25, 0.3) is 0 Å². The molecular formula is C14H26N2O3. The van der Waals surface area contributed by atoms with Crippen LogP contribution >= 0.6 is 0 Å². The minimum atomic E-state index is -0.537. The monoisotopic (exact) mass is 270 g/mol. The van der Waals surface area contributed by atoms with Crippen LogP contribution in [-0.2, 0) is 9.53 Å². The van der Waals surface area contributed by atoms with E-state index < -0.39 is 17.7 Å². The topological polar surface area (TPSA) is 58.6 Å². The molecule has 0 aromatic carbocycles. The molecule has 0 aliphatic carbocycles. The molecule has 0 aromatic rings. The number of nitrogens with zero attached hydrogens (tertiary/aromatic N) is 1. The van der Waals surface area contributed by atoms with E-state index in [4.69, 9.17) is 4.74 Å². The highest BCUT2D eigenvalue weighted by Crippen LogP contribution is 2.21. The Labute approximate surface area is 115 Å². The third-order valence-corrected chi connectivity index (χ3v) is 2.68. The molecule has 0 radical (unpaired) electrons. The largest absolute Gasteiger partial charge is 0.444 e. The summed E-state index contributed by atoms with van der Waals surface area (Å²) < 4.78 is 5.34. The minimum absolute atomic E-state index is 0.101. The van der Waals surface area contributed by atoms with Crippen molar-refractivity contribution in [3.63, 3.8) is 0 Å². The van der Waals surface area contributed by atoms with Crippen molar-refractivity contribution in [2.45, 2.75) is 71.6 Å². The van der Waals surface area contributed by atoms with Crippen LogP contribution in [0.1, 0.15) is 54.4 Å². The molecule has 0 unspecified atom stereocenters. The summed E-state index contributed by atoms with van der Waals surface area (Å²) in [7, 11) is 0. The van der Waals surface area contributed by atoms with Gasteiger partial charge in [0.2, 0.25) is 5.91 Å². The van der Waals surface area contributed by atoms with E-state index in [1.165, 1.54) is 4.90 Å². The average molecular weight is 270 g/mol. The number of amides is 2. The molecule has 1 N–H and O–H groups in total. The Balaban J connectivity index is 2.69. The summed E-state index contributed by atoms with van der Waals surface area (Å²) in [4.78, 5) is 25.8. The van der Waals surface area contributed by atoms with Gasteiger partial charge < -0.3 is 10.1 Å². The molecule has 1 aliphatic rings. The van der Waals surface area contributed by atoms with E-state index >= 15 is 0 Å². The minimum Gasteiger partial charge on any atom is -0.444 e. The first-order chi connectivity index (χ1) is 8.49. The summed E-state index contributed by atoms with van der Waals surface area (Å²) in [5.41, 5.74) is -0.829. The highest BCUT2D eigenvalue weighted by atomic mass is 16.6. The molecular weight excluding hydrogens is 244 g/mol. The maximum Gasteiger partial charge on any atom is 0.410 e. The third-order valence-electron chi connectivity index (χ3n) is 2.68. The lowest BCUT2D eigenvalue weighted by atomic mass is 10.1. The predicted octanol–water partition coefficient (Wildman–Crippen LogP) is 2.30. The van der Waals surface area contributed by atoms with E-state index in [1.54, 1.807) is 0 Å². The molecule has 110 valence electrons. The lowest BCUT2D eigenvalue weighted by Gasteiger charge is -2.30. The average Bonchev–Trinajstić information content (AvgIpc) is 2.59. The van der Waals surface area contributed by atoms with E-state index in [1.807, 2.05) is 41.5 Å². The maximum absolute atomic E-state index is 12.2. The molecule has 0 saturated carbocycles. The fraction of sp³-hybridized carbons (Fsp3) is 0.857. The molecule has 5 heteroatoms. The number of nitrogens with one attached hydrogen (secondary N) is 1. The number of likely N-dealkylation sites (tertiary alicyclic amines) is 1. The van der Waals surface area contributed by atoms with E-state index in [2.05, 4.69) is 5.32 Å². The molecule has 0 aromatic heterocycles. The number of carbonyl (C=O) groups is 2. The Morgan fingerprint density at radius 3 is 2.21 bits per heavy atom. The molecule has 1 fully saturated rings. The van der Waals surface area contributed by atoms with Crippen LogP contribution in [0.3, 0.4) is 0 Å². The second kappa shape index (κ2) is 5.39. The van der Waals surface area contributed by atoms with Gasteiger partial charge in [-0.05, 0) is 54.4 Å². The van der Waals surface area contributed by atoms with Crippen molar-refractivity contribution in [3.05, 3.63) is 0 Å². The normalized spacial score (nSPS) is 20.3.